The minimum absolute atomic E-state index is 0.228. The SMILES string of the molecule is CC(C)N(CCCO)Cc1cccnc1N. The van der Waals surface area contributed by atoms with Crippen LogP contribution in [0.4, 0.5) is 5.82 Å². The fourth-order valence-electron chi connectivity index (χ4n) is 1.60. The minimum atomic E-state index is 0.228. The maximum absolute atomic E-state index is 8.85. The van der Waals surface area contributed by atoms with Crippen molar-refractivity contribution >= 4 is 5.82 Å². The van der Waals surface area contributed by atoms with Gasteiger partial charge in [0, 0.05) is 37.5 Å². The van der Waals surface area contributed by atoms with E-state index in [1.165, 1.54) is 0 Å². The van der Waals surface area contributed by atoms with Crippen LogP contribution >= 0.6 is 0 Å². The standard InChI is InChI=1S/C12H21N3O/c1-10(2)15(7-4-8-16)9-11-5-3-6-14-12(11)13/h3,5-6,10,16H,4,7-9H2,1-2H3,(H2,13,14). The molecule has 3 N–H and O–H groups in total. The van der Waals surface area contributed by atoms with Crippen molar-refractivity contribution in [3.8, 4) is 0 Å². The first-order valence-electron chi connectivity index (χ1n) is 5.69. The van der Waals surface area contributed by atoms with Gasteiger partial charge >= 0.3 is 0 Å². The van der Waals surface area contributed by atoms with E-state index < -0.39 is 0 Å². The number of hydrogen-bond donors (Lipinski definition) is 2. The lowest BCUT2D eigenvalue weighted by atomic mass is 10.2. The van der Waals surface area contributed by atoms with Crippen molar-refractivity contribution in [1.29, 1.82) is 0 Å². The lowest BCUT2D eigenvalue weighted by molar-refractivity contribution is 0.185. The Morgan fingerprint density at radius 2 is 2.25 bits per heavy atom. The van der Waals surface area contributed by atoms with E-state index in [1.54, 1.807) is 6.20 Å². The molecule has 0 aromatic carbocycles. The van der Waals surface area contributed by atoms with Gasteiger partial charge in [0.2, 0.25) is 0 Å². The number of aliphatic hydroxyl groups excluding tert-OH is 1. The summed E-state index contributed by atoms with van der Waals surface area (Å²) >= 11 is 0. The molecule has 1 aromatic heterocycles. The van der Waals surface area contributed by atoms with Crippen LogP contribution in [0, 0.1) is 0 Å². The number of aromatic nitrogens is 1. The van der Waals surface area contributed by atoms with Gasteiger partial charge < -0.3 is 10.8 Å². The Morgan fingerprint density at radius 1 is 1.50 bits per heavy atom. The fraction of sp³-hybridized carbons (Fsp3) is 0.583. The van der Waals surface area contributed by atoms with Gasteiger partial charge in [-0.2, -0.15) is 0 Å². The van der Waals surface area contributed by atoms with Crippen molar-refractivity contribution in [3.63, 3.8) is 0 Å². The predicted octanol–water partition coefficient (Wildman–Crippen LogP) is 1.26. The first kappa shape index (κ1) is 12.9. The molecule has 0 saturated carbocycles. The lowest BCUT2D eigenvalue weighted by Gasteiger charge is -2.26. The highest BCUT2D eigenvalue weighted by molar-refractivity contribution is 5.38. The van der Waals surface area contributed by atoms with Crippen LogP contribution in [0.2, 0.25) is 0 Å². The smallest absolute Gasteiger partial charge is 0.127 e. The van der Waals surface area contributed by atoms with Crippen molar-refractivity contribution in [2.45, 2.75) is 32.9 Å². The minimum Gasteiger partial charge on any atom is -0.396 e. The summed E-state index contributed by atoms with van der Waals surface area (Å²) in [5, 5.41) is 8.85. The summed E-state index contributed by atoms with van der Waals surface area (Å²) in [6.07, 6.45) is 2.49. The van der Waals surface area contributed by atoms with Crippen molar-refractivity contribution in [1.82, 2.24) is 9.88 Å². The molecule has 90 valence electrons. The van der Waals surface area contributed by atoms with Gasteiger partial charge in [0.15, 0.2) is 0 Å². The predicted molar refractivity (Wildman–Crippen MR) is 65.9 cm³/mol. The van der Waals surface area contributed by atoms with Crippen molar-refractivity contribution in [3.05, 3.63) is 23.9 Å². The number of rotatable bonds is 6. The second kappa shape index (κ2) is 6.45. The number of hydrogen-bond acceptors (Lipinski definition) is 4. The third kappa shape index (κ3) is 3.79. The molecule has 0 saturated heterocycles. The largest absolute Gasteiger partial charge is 0.396 e. The van der Waals surface area contributed by atoms with E-state index in [0.29, 0.717) is 11.9 Å². The maximum atomic E-state index is 8.85. The van der Waals surface area contributed by atoms with E-state index >= 15 is 0 Å². The first-order valence-corrected chi connectivity index (χ1v) is 5.69. The summed E-state index contributed by atoms with van der Waals surface area (Å²) < 4.78 is 0. The molecule has 0 aliphatic heterocycles. The van der Waals surface area contributed by atoms with E-state index in [0.717, 1.165) is 25.1 Å². The van der Waals surface area contributed by atoms with Crippen molar-refractivity contribution < 1.29 is 5.11 Å². The zero-order valence-electron chi connectivity index (χ0n) is 10.1. The Kier molecular flexibility index (Phi) is 5.22. The Hall–Kier alpha value is -1.13. The Morgan fingerprint density at radius 3 is 2.81 bits per heavy atom. The molecule has 0 radical (unpaired) electrons. The number of aliphatic hydroxyl groups is 1. The van der Waals surface area contributed by atoms with Crippen molar-refractivity contribution in [2.75, 3.05) is 18.9 Å². The summed E-state index contributed by atoms with van der Waals surface area (Å²) in [7, 11) is 0. The quantitative estimate of drug-likeness (QED) is 0.762. The topological polar surface area (TPSA) is 62.4 Å². The van der Waals surface area contributed by atoms with Gasteiger partial charge in [-0.15, -0.1) is 0 Å². The van der Waals surface area contributed by atoms with Gasteiger partial charge in [0.25, 0.3) is 0 Å². The van der Waals surface area contributed by atoms with E-state index in [2.05, 4.69) is 23.7 Å². The highest BCUT2D eigenvalue weighted by atomic mass is 16.3. The molecule has 0 aliphatic rings. The summed E-state index contributed by atoms with van der Waals surface area (Å²) in [6, 6.07) is 4.33. The molecule has 1 heterocycles. The maximum Gasteiger partial charge on any atom is 0.127 e. The zero-order valence-corrected chi connectivity index (χ0v) is 10.1. The number of nitrogens with zero attached hydrogens (tertiary/aromatic N) is 2. The molecule has 0 atom stereocenters. The number of pyridine rings is 1. The first-order chi connectivity index (χ1) is 7.65. The Balaban J connectivity index is 2.64. The zero-order chi connectivity index (χ0) is 12.0. The van der Waals surface area contributed by atoms with Crippen LogP contribution in [0.15, 0.2) is 18.3 Å². The van der Waals surface area contributed by atoms with E-state index in [1.807, 2.05) is 12.1 Å². The van der Waals surface area contributed by atoms with E-state index in [-0.39, 0.29) is 6.61 Å². The molecule has 0 aliphatic carbocycles. The second-order valence-electron chi connectivity index (χ2n) is 4.19. The third-order valence-electron chi connectivity index (χ3n) is 2.63. The van der Waals surface area contributed by atoms with Crippen LogP contribution < -0.4 is 5.73 Å². The number of anilines is 1. The van der Waals surface area contributed by atoms with Crippen LogP contribution in [0.1, 0.15) is 25.8 Å². The van der Waals surface area contributed by atoms with Gasteiger partial charge in [-0.05, 0) is 26.3 Å². The monoisotopic (exact) mass is 223 g/mol. The average Bonchev–Trinajstić information content (AvgIpc) is 2.26. The van der Waals surface area contributed by atoms with Crippen LogP contribution in [0.25, 0.3) is 0 Å². The highest BCUT2D eigenvalue weighted by Crippen LogP contribution is 2.13. The van der Waals surface area contributed by atoms with Gasteiger partial charge in [0.1, 0.15) is 5.82 Å². The van der Waals surface area contributed by atoms with Gasteiger partial charge in [-0.1, -0.05) is 6.07 Å². The molecule has 0 bridgehead atoms. The normalized spacial score (nSPS) is 11.3. The summed E-state index contributed by atoms with van der Waals surface area (Å²) in [4.78, 5) is 6.35. The molecule has 16 heavy (non-hydrogen) atoms. The van der Waals surface area contributed by atoms with E-state index in [4.69, 9.17) is 10.8 Å². The fourth-order valence-corrected chi connectivity index (χ4v) is 1.60. The molecular formula is C12H21N3O. The molecule has 0 amide bonds. The Labute approximate surface area is 97.1 Å². The van der Waals surface area contributed by atoms with E-state index in [9.17, 15) is 0 Å². The van der Waals surface area contributed by atoms with Crippen LogP contribution in [0.3, 0.4) is 0 Å². The summed E-state index contributed by atoms with van der Waals surface area (Å²) in [6.45, 7) is 6.18. The van der Waals surface area contributed by atoms with Crippen LogP contribution in [-0.4, -0.2) is 34.2 Å². The summed E-state index contributed by atoms with van der Waals surface area (Å²) in [5.41, 5.74) is 6.86. The molecule has 1 aromatic rings. The van der Waals surface area contributed by atoms with Gasteiger partial charge in [-0.3, -0.25) is 4.90 Å². The second-order valence-corrected chi connectivity index (χ2v) is 4.19. The lowest BCUT2D eigenvalue weighted by Crippen LogP contribution is -2.32. The molecule has 0 spiro atoms. The molecule has 0 fully saturated rings. The molecule has 0 unspecified atom stereocenters. The van der Waals surface area contributed by atoms with Crippen LogP contribution in [0.5, 0.6) is 0 Å². The van der Waals surface area contributed by atoms with Crippen LogP contribution in [-0.2, 0) is 6.54 Å². The van der Waals surface area contributed by atoms with Crippen molar-refractivity contribution in [2.24, 2.45) is 0 Å². The number of nitrogens with two attached hydrogens (primary N) is 1. The number of nitrogen functional groups attached to an aromatic ring is 1. The molecule has 1 rings (SSSR count). The molecular weight excluding hydrogens is 202 g/mol. The average molecular weight is 223 g/mol. The van der Waals surface area contributed by atoms with Gasteiger partial charge in [0.05, 0.1) is 0 Å². The highest BCUT2D eigenvalue weighted by Gasteiger charge is 2.11. The molecule has 4 nitrogen and oxygen atoms in total. The summed E-state index contributed by atoms with van der Waals surface area (Å²) in [5.74, 6) is 0.595. The third-order valence-corrected chi connectivity index (χ3v) is 2.63. The molecule has 4 heteroatoms. The Bertz CT molecular complexity index is 315. The van der Waals surface area contributed by atoms with Gasteiger partial charge in [-0.25, -0.2) is 4.98 Å².